The number of hydrogen-bond donors (Lipinski definition) is 2. The van der Waals surface area contributed by atoms with E-state index in [4.69, 9.17) is 5.73 Å². The second kappa shape index (κ2) is 7.00. The van der Waals surface area contributed by atoms with Gasteiger partial charge in [0.1, 0.15) is 0 Å². The Morgan fingerprint density at radius 2 is 1.67 bits per heavy atom. The Labute approximate surface area is 121 Å². The Bertz CT molecular complexity index is 697. The molecule has 3 rings (SSSR count). The van der Waals surface area contributed by atoms with Crippen LogP contribution in [-0.2, 0) is 0 Å². The summed E-state index contributed by atoms with van der Waals surface area (Å²) in [5.74, 6) is -0.857. The fraction of sp³-hybridized carbons (Fsp3) is 0. The number of aromatic nitrogens is 2. The third kappa shape index (κ3) is 4.01. The van der Waals surface area contributed by atoms with Gasteiger partial charge in [-0.05, 0) is 17.2 Å². The van der Waals surface area contributed by atoms with Gasteiger partial charge in [0.05, 0.1) is 0 Å². The van der Waals surface area contributed by atoms with Crippen molar-refractivity contribution in [1.82, 2.24) is 10.2 Å². The molecule has 0 fully saturated rings. The first-order valence-corrected chi connectivity index (χ1v) is 6.28. The van der Waals surface area contributed by atoms with Crippen LogP contribution in [0.15, 0.2) is 66.9 Å². The van der Waals surface area contributed by atoms with E-state index in [-0.39, 0.29) is 0 Å². The number of halogens is 1. The van der Waals surface area contributed by atoms with Crippen molar-refractivity contribution in [2.24, 2.45) is 5.73 Å². The molecule has 0 aliphatic heterocycles. The number of benzene rings is 2. The van der Waals surface area contributed by atoms with E-state index in [1.165, 1.54) is 12.3 Å². The van der Waals surface area contributed by atoms with Crippen molar-refractivity contribution in [2.75, 3.05) is 0 Å². The fourth-order valence-corrected chi connectivity index (χ4v) is 1.81. The molecule has 0 spiro atoms. The third-order valence-electron chi connectivity index (χ3n) is 2.74. The van der Waals surface area contributed by atoms with Crippen LogP contribution in [0.2, 0.25) is 0 Å². The Hall–Kier alpha value is -2.95. The molecule has 0 aliphatic rings. The average Bonchev–Trinajstić information content (AvgIpc) is 3.00. The van der Waals surface area contributed by atoms with Crippen LogP contribution < -0.4 is 5.73 Å². The Kier molecular flexibility index (Phi) is 4.82. The summed E-state index contributed by atoms with van der Waals surface area (Å²) in [7, 11) is 0. The molecule has 3 aromatic rings. The van der Waals surface area contributed by atoms with Gasteiger partial charge >= 0.3 is 0 Å². The lowest BCUT2D eigenvalue weighted by Crippen LogP contribution is -2.12. The molecule has 0 unspecified atom stereocenters. The standard InChI is InChI=1S/C13H11NO.C3H3FN2/c14-13(15)12-9-5-4-8-11(12)10-6-2-1-3-7-10;4-3-1-2-5-6-3/h1-9H,(H2,14,15);1-2H,(H,5,6). The number of nitrogens with two attached hydrogens (primary N) is 1. The Morgan fingerprint density at radius 3 is 2.19 bits per heavy atom. The normalized spacial score (nSPS) is 9.57. The van der Waals surface area contributed by atoms with E-state index >= 15 is 0 Å². The second-order valence-electron chi connectivity index (χ2n) is 4.17. The highest BCUT2D eigenvalue weighted by atomic mass is 19.1. The van der Waals surface area contributed by atoms with E-state index in [0.717, 1.165) is 11.1 Å². The summed E-state index contributed by atoms with van der Waals surface area (Å²) in [6, 6.07) is 18.3. The molecule has 4 nitrogen and oxygen atoms in total. The monoisotopic (exact) mass is 283 g/mol. The fourth-order valence-electron chi connectivity index (χ4n) is 1.81. The minimum atomic E-state index is -0.463. The number of carbonyl (C=O) groups is 1. The number of hydrogen-bond acceptors (Lipinski definition) is 2. The van der Waals surface area contributed by atoms with Crippen molar-refractivity contribution in [3.8, 4) is 11.1 Å². The Morgan fingerprint density at radius 1 is 1.00 bits per heavy atom. The lowest BCUT2D eigenvalue weighted by Gasteiger charge is -2.05. The first-order chi connectivity index (χ1) is 10.2. The Balaban J connectivity index is 0.000000225. The van der Waals surface area contributed by atoms with Crippen molar-refractivity contribution in [1.29, 1.82) is 0 Å². The van der Waals surface area contributed by atoms with E-state index in [1.54, 1.807) is 6.07 Å². The summed E-state index contributed by atoms with van der Waals surface area (Å²) in [5.41, 5.74) is 7.76. The summed E-state index contributed by atoms with van der Waals surface area (Å²) in [6.07, 6.45) is 1.43. The number of primary amides is 1. The smallest absolute Gasteiger partial charge is 0.249 e. The molecule has 3 N–H and O–H groups in total. The molecule has 0 atom stereocenters. The molecule has 1 aromatic heterocycles. The summed E-state index contributed by atoms with van der Waals surface area (Å²) < 4.78 is 11.5. The molecule has 0 saturated heterocycles. The summed E-state index contributed by atoms with van der Waals surface area (Å²) in [6.45, 7) is 0. The molecule has 2 aromatic carbocycles. The van der Waals surface area contributed by atoms with Crippen LogP contribution in [0.1, 0.15) is 10.4 Å². The van der Waals surface area contributed by atoms with Gasteiger partial charge in [-0.2, -0.15) is 4.39 Å². The van der Waals surface area contributed by atoms with Gasteiger partial charge in [-0.1, -0.05) is 48.5 Å². The highest BCUT2D eigenvalue weighted by molar-refractivity contribution is 5.99. The van der Waals surface area contributed by atoms with Gasteiger partial charge in [0, 0.05) is 17.8 Å². The zero-order chi connectivity index (χ0) is 15.1. The van der Waals surface area contributed by atoms with Gasteiger partial charge < -0.3 is 5.73 Å². The summed E-state index contributed by atoms with van der Waals surface area (Å²) in [5, 5.41) is 5.43. The highest BCUT2D eigenvalue weighted by Gasteiger charge is 2.07. The first-order valence-electron chi connectivity index (χ1n) is 6.28. The van der Waals surface area contributed by atoms with E-state index in [1.807, 2.05) is 48.5 Å². The van der Waals surface area contributed by atoms with Gasteiger partial charge in [-0.25, -0.2) is 0 Å². The SMILES string of the molecule is Fc1cc[nH]n1.NC(=O)c1ccccc1-c1ccccc1. The van der Waals surface area contributed by atoms with Crippen LogP contribution in [-0.4, -0.2) is 16.1 Å². The van der Waals surface area contributed by atoms with Crippen LogP contribution >= 0.6 is 0 Å². The second-order valence-corrected chi connectivity index (χ2v) is 4.17. The molecule has 0 aliphatic carbocycles. The van der Waals surface area contributed by atoms with Gasteiger partial charge in [0.2, 0.25) is 11.9 Å². The van der Waals surface area contributed by atoms with E-state index in [2.05, 4.69) is 10.2 Å². The average molecular weight is 283 g/mol. The number of carbonyl (C=O) groups excluding carboxylic acids is 1. The van der Waals surface area contributed by atoms with Crippen molar-refractivity contribution < 1.29 is 9.18 Å². The number of nitrogens with zero attached hydrogens (tertiary/aromatic N) is 1. The van der Waals surface area contributed by atoms with E-state index in [9.17, 15) is 9.18 Å². The van der Waals surface area contributed by atoms with Crippen LogP contribution in [0.3, 0.4) is 0 Å². The van der Waals surface area contributed by atoms with Gasteiger partial charge in [0.25, 0.3) is 0 Å². The molecule has 5 heteroatoms. The first kappa shape index (κ1) is 14.5. The summed E-state index contributed by atoms with van der Waals surface area (Å²) in [4.78, 5) is 11.2. The third-order valence-corrected chi connectivity index (χ3v) is 2.74. The quantitative estimate of drug-likeness (QED) is 0.759. The molecule has 1 heterocycles. The number of aromatic amines is 1. The van der Waals surface area contributed by atoms with Crippen LogP contribution in [0.5, 0.6) is 0 Å². The number of H-pyrrole nitrogens is 1. The zero-order valence-corrected chi connectivity index (χ0v) is 11.2. The predicted molar refractivity (Wildman–Crippen MR) is 78.9 cm³/mol. The molecule has 0 bridgehead atoms. The number of nitrogens with one attached hydrogen (secondary N) is 1. The largest absolute Gasteiger partial charge is 0.366 e. The molecule has 0 radical (unpaired) electrons. The van der Waals surface area contributed by atoms with Gasteiger partial charge in [0.15, 0.2) is 0 Å². The minimum Gasteiger partial charge on any atom is -0.366 e. The van der Waals surface area contributed by atoms with Crippen molar-refractivity contribution >= 4 is 5.91 Å². The maximum atomic E-state index is 11.5. The lowest BCUT2D eigenvalue weighted by molar-refractivity contribution is 0.100. The van der Waals surface area contributed by atoms with Crippen molar-refractivity contribution in [3.63, 3.8) is 0 Å². The topological polar surface area (TPSA) is 71.8 Å². The zero-order valence-electron chi connectivity index (χ0n) is 11.2. The van der Waals surface area contributed by atoms with Crippen LogP contribution in [0.4, 0.5) is 4.39 Å². The maximum absolute atomic E-state index is 11.5. The molecule has 0 saturated carbocycles. The molecule has 106 valence electrons. The molecular formula is C16H14FN3O. The summed E-state index contributed by atoms with van der Waals surface area (Å²) >= 11 is 0. The number of amides is 1. The molecule has 21 heavy (non-hydrogen) atoms. The van der Waals surface area contributed by atoms with Crippen LogP contribution in [0, 0.1) is 5.95 Å². The van der Waals surface area contributed by atoms with Gasteiger partial charge in [-0.3, -0.25) is 9.89 Å². The van der Waals surface area contributed by atoms with Crippen molar-refractivity contribution in [2.45, 2.75) is 0 Å². The van der Waals surface area contributed by atoms with E-state index in [0.29, 0.717) is 5.56 Å². The van der Waals surface area contributed by atoms with E-state index < -0.39 is 11.9 Å². The minimum absolute atomic E-state index is 0.394. The predicted octanol–water partition coefficient (Wildman–Crippen LogP) is 3.00. The maximum Gasteiger partial charge on any atom is 0.249 e. The highest BCUT2D eigenvalue weighted by Crippen LogP contribution is 2.22. The van der Waals surface area contributed by atoms with Gasteiger partial charge in [-0.15, -0.1) is 5.10 Å². The molecule has 1 amide bonds. The number of rotatable bonds is 2. The van der Waals surface area contributed by atoms with Crippen LogP contribution in [0.25, 0.3) is 11.1 Å². The lowest BCUT2D eigenvalue weighted by atomic mass is 9.99. The van der Waals surface area contributed by atoms with Crippen molar-refractivity contribution in [3.05, 3.63) is 78.4 Å². The molecular weight excluding hydrogens is 269 g/mol.